The van der Waals surface area contributed by atoms with Crippen LogP contribution >= 0.6 is 11.3 Å². The van der Waals surface area contributed by atoms with Crippen LogP contribution in [0, 0.1) is 0 Å². The molecule has 0 saturated carbocycles. The monoisotopic (exact) mass is 328 g/mol. The van der Waals surface area contributed by atoms with E-state index >= 15 is 0 Å². The van der Waals surface area contributed by atoms with Crippen LogP contribution in [-0.4, -0.2) is 57.0 Å². The second-order valence-electron chi connectivity index (χ2n) is 4.90. The van der Waals surface area contributed by atoms with Crippen LogP contribution in [0.15, 0.2) is 12.1 Å². The second-order valence-corrected chi connectivity index (χ2v) is 6.15. The summed E-state index contributed by atoms with van der Waals surface area (Å²) >= 11 is 1.53. The molecule has 1 aliphatic rings. The second kappa shape index (κ2) is 9.24. The van der Waals surface area contributed by atoms with E-state index in [-0.39, 0.29) is 18.9 Å². The lowest BCUT2D eigenvalue weighted by Gasteiger charge is -2.16. The van der Waals surface area contributed by atoms with Crippen molar-refractivity contribution in [3.8, 4) is 0 Å². The minimum absolute atomic E-state index is 0.172. The summed E-state index contributed by atoms with van der Waals surface area (Å²) in [6, 6.07) is 3.85. The quantitative estimate of drug-likeness (QED) is 0.453. The van der Waals surface area contributed by atoms with Gasteiger partial charge in [0.25, 0.3) is 0 Å². The van der Waals surface area contributed by atoms with Crippen LogP contribution in [-0.2, 0) is 32.0 Å². The zero-order valence-corrected chi connectivity index (χ0v) is 13.1. The Labute approximate surface area is 133 Å². The maximum Gasteiger partial charge on any atom is 0.480 e. The lowest BCUT2D eigenvalue weighted by Crippen LogP contribution is -2.49. The molecule has 0 bridgehead atoms. The molecule has 4 N–H and O–H groups in total. The summed E-state index contributed by atoms with van der Waals surface area (Å²) in [5.74, 6) is -0.711. The van der Waals surface area contributed by atoms with Crippen molar-refractivity contribution in [3.63, 3.8) is 0 Å². The minimum Gasteiger partial charge on any atom is -0.426 e. The molecule has 7 nitrogen and oxygen atoms in total. The standard InChI is InChI=1S/C13H21BN2O5S/c15-3-4-19-8-11-2-1-10(22-11)7-13(17)16-12-9-20-5-6-21-14(12)18/h1-2,12,18H,3-9,15H2,(H,16,17). The van der Waals surface area contributed by atoms with Gasteiger partial charge in [0.1, 0.15) is 0 Å². The molecule has 1 aromatic rings. The number of hydrogen-bond donors (Lipinski definition) is 3. The molecule has 0 spiro atoms. The van der Waals surface area contributed by atoms with Crippen molar-refractivity contribution >= 4 is 24.4 Å². The first kappa shape index (κ1) is 17.4. The Hall–Kier alpha value is -0.965. The highest BCUT2D eigenvalue weighted by molar-refractivity contribution is 7.12. The summed E-state index contributed by atoms with van der Waals surface area (Å²) in [7, 11) is -1.03. The van der Waals surface area contributed by atoms with Crippen molar-refractivity contribution in [2.75, 3.05) is 33.0 Å². The zero-order valence-electron chi connectivity index (χ0n) is 12.3. The van der Waals surface area contributed by atoms with Gasteiger partial charge in [0, 0.05) is 16.3 Å². The van der Waals surface area contributed by atoms with Gasteiger partial charge in [0.05, 0.1) is 45.4 Å². The third kappa shape index (κ3) is 5.67. The molecule has 1 aromatic heterocycles. The lowest BCUT2D eigenvalue weighted by molar-refractivity contribution is -0.121. The number of amides is 1. The summed E-state index contributed by atoms with van der Waals surface area (Å²) in [5.41, 5.74) is 5.36. The number of nitrogens with one attached hydrogen (secondary N) is 1. The topological polar surface area (TPSA) is 103 Å². The van der Waals surface area contributed by atoms with Gasteiger partial charge in [-0.05, 0) is 12.1 Å². The summed E-state index contributed by atoms with van der Waals surface area (Å²) in [5, 5.41) is 12.5. The number of carbonyl (C=O) groups excluding carboxylic acids is 1. The molecular weight excluding hydrogens is 307 g/mol. The van der Waals surface area contributed by atoms with Crippen molar-refractivity contribution < 1.29 is 23.9 Å². The fourth-order valence-corrected chi connectivity index (χ4v) is 2.97. The van der Waals surface area contributed by atoms with Gasteiger partial charge in [-0.1, -0.05) is 0 Å². The molecule has 2 rings (SSSR count). The first-order valence-electron chi connectivity index (χ1n) is 7.21. The molecule has 2 heterocycles. The Morgan fingerprint density at radius 3 is 3.14 bits per heavy atom. The average molecular weight is 328 g/mol. The number of hydrogen-bond acceptors (Lipinski definition) is 7. The van der Waals surface area contributed by atoms with Gasteiger partial charge in [0.2, 0.25) is 5.91 Å². The van der Waals surface area contributed by atoms with Gasteiger partial charge in [-0.3, -0.25) is 4.79 Å². The van der Waals surface area contributed by atoms with Gasteiger partial charge >= 0.3 is 7.12 Å². The van der Waals surface area contributed by atoms with E-state index in [2.05, 4.69) is 5.32 Å². The van der Waals surface area contributed by atoms with Gasteiger partial charge in [0.15, 0.2) is 0 Å². The maximum atomic E-state index is 12.0. The van der Waals surface area contributed by atoms with E-state index < -0.39 is 13.1 Å². The van der Waals surface area contributed by atoms with E-state index in [1.165, 1.54) is 11.3 Å². The van der Waals surface area contributed by atoms with E-state index in [0.717, 1.165) is 9.75 Å². The molecule has 0 aromatic carbocycles. The number of rotatable bonds is 7. The summed E-state index contributed by atoms with van der Waals surface area (Å²) in [4.78, 5) is 14.0. The molecule has 0 aliphatic carbocycles. The molecule has 1 aliphatic heterocycles. The molecule has 1 unspecified atom stereocenters. The number of thiophene rings is 1. The molecule has 1 saturated heterocycles. The Kier molecular flexibility index (Phi) is 7.30. The summed E-state index contributed by atoms with van der Waals surface area (Å²) < 4.78 is 15.7. The Balaban J connectivity index is 1.78. The highest BCUT2D eigenvalue weighted by Gasteiger charge is 2.30. The first-order chi connectivity index (χ1) is 10.7. The lowest BCUT2D eigenvalue weighted by atomic mass is 9.79. The predicted molar refractivity (Wildman–Crippen MR) is 83.4 cm³/mol. The van der Waals surface area contributed by atoms with Crippen LogP contribution in [0.2, 0.25) is 0 Å². The van der Waals surface area contributed by atoms with Gasteiger partial charge in [-0.25, -0.2) is 0 Å². The first-order valence-corrected chi connectivity index (χ1v) is 8.03. The summed E-state index contributed by atoms with van der Waals surface area (Å²) in [6.07, 6.45) is 0.255. The number of ether oxygens (including phenoxy) is 2. The van der Waals surface area contributed by atoms with Gasteiger partial charge in [-0.2, -0.15) is 0 Å². The average Bonchev–Trinajstić information content (AvgIpc) is 2.83. The maximum absolute atomic E-state index is 12.0. The minimum atomic E-state index is -1.03. The van der Waals surface area contributed by atoms with Crippen LogP contribution in [0.3, 0.4) is 0 Å². The van der Waals surface area contributed by atoms with Crippen molar-refractivity contribution in [2.24, 2.45) is 5.73 Å². The predicted octanol–water partition coefficient (Wildman–Crippen LogP) is -0.683. The van der Waals surface area contributed by atoms with Crippen LogP contribution in [0.25, 0.3) is 0 Å². The fourth-order valence-electron chi connectivity index (χ4n) is 2.02. The molecule has 9 heteroatoms. The van der Waals surface area contributed by atoms with E-state index in [4.69, 9.17) is 19.9 Å². The van der Waals surface area contributed by atoms with Crippen LogP contribution in [0.5, 0.6) is 0 Å². The third-order valence-corrected chi connectivity index (χ3v) is 4.12. The number of carbonyl (C=O) groups is 1. The number of nitrogens with two attached hydrogens (primary N) is 1. The zero-order chi connectivity index (χ0) is 15.8. The highest BCUT2D eigenvalue weighted by Crippen LogP contribution is 2.18. The molecule has 22 heavy (non-hydrogen) atoms. The fraction of sp³-hybridized carbons (Fsp3) is 0.615. The normalized spacial score (nSPS) is 19.0. The SMILES string of the molecule is NCCOCc1ccc(CC(=O)NC2COCCOB2O)s1. The third-order valence-electron chi connectivity index (χ3n) is 3.06. The van der Waals surface area contributed by atoms with Crippen molar-refractivity contribution in [2.45, 2.75) is 19.0 Å². The van der Waals surface area contributed by atoms with Crippen molar-refractivity contribution in [1.29, 1.82) is 0 Å². The van der Waals surface area contributed by atoms with Gasteiger partial charge in [-0.15, -0.1) is 11.3 Å². The molecule has 1 amide bonds. The Bertz CT molecular complexity index is 473. The Morgan fingerprint density at radius 2 is 2.32 bits per heavy atom. The molecule has 122 valence electrons. The van der Waals surface area contributed by atoms with Crippen LogP contribution < -0.4 is 11.1 Å². The molecule has 1 fully saturated rings. The van der Waals surface area contributed by atoms with Crippen molar-refractivity contribution in [3.05, 3.63) is 21.9 Å². The van der Waals surface area contributed by atoms with Crippen molar-refractivity contribution in [1.82, 2.24) is 5.32 Å². The Morgan fingerprint density at radius 1 is 1.50 bits per heavy atom. The van der Waals surface area contributed by atoms with E-state index in [1.807, 2.05) is 12.1 Å². The largest absolute Gasteiger partial charge is 0.480 e. The van der Waals surface area contributed by atoms with Crippen LogP contribution in [0.1, 0.15) is 9.75 Å². The summed E-state index contributed by atoms with van der Waals surface area (Å²) in [6.45, 7) is 2.51. The highest BCUT2D eigenvalue weighted by atomic mass is 32.1. The van der Waals surface area contributed by atoms with E-state index in [0.29, 0.717) is 33.0 Å². The molecular formula is C13H21BN2O5S. The van der Waals surface area contributed by atoms with E-state index in [9.17, 15) is 9.82 Å². The van der Waals surface area contributed by atoms with Gasteiger partial charge < -0.3 is 30.2 Å². The smallest absolute Gasteiger partial charge is 0.426 e. The molecule has 1 atom stereocenters. The van der Waals surface area contributed by atoms with E-state index in [1.54, 1.807) is 0 Å². The molecule has 0 radical (unpaired) electrons. The van der Waals surface area contributed by atoms with Crippen LogP contribution in [0.4, 0.5) is 0 Å².